The summed E-state index contributed by atoms with van der Waals surface area (Å²) < 4.78 is 24.6. The van der Waals surface area contributed by atoms with E-state index in [0.717, 1.165) is 21.9 Å². The zero-order valence-corrected chi connectivity index (χ0v) is 23.4. The van der Waals surface area contributed by atoms with Crippen molar-refractivity contribution in [1.82, 2.24) is 4.90 Å². The maximum Gasteiger partial charge on any atom is 0.346 e. The molecule has 1 aromatic heterocycles. The molecule has 214 valence electrons. The van der Waals surface area contributed by atoms with Crippen molar-refractivity contribution in [2.45, 2.75) is 37.6 Å². The van der Waals surface area contributed by atoms with Crippen LogP contribution in [0.1, 0.15) is 62.8 Å². The fourth-order valence-electron chi connectivity index (χ4n) is 6.78. The highest BCUT2D eigenvalue weighted by Gasteiger charge is 2.49. The van der Waals surface area contributed by atoms with Crippen LogP contribution in [0, 0.1) is 0 Å². The molecule has 3 aliphatic rings. The number of imide groups is 1. The summed E-state index contributed by atoms with van der Waals surface area (Å²) in [5, 5.41) is 2.86. The molecule has 43 heavy (non-hydrogen) atoms. The molecule has 2 atom stereocenters. The Bertz CT molecular complexity index is 2010. The molecule has 0 spiro atoms. The van der Waals surface area contributed by atoms with Gasteiger partial charge in [-0.15, -0.1) is 0 Å². The smallest absolute Gasteiger partial charge is 0.346 e. The Morgan fingerprint density at radius 2 is 1.65 bits per heavy atom. The Morgan fingerprint density at radius 1 is 0.884 bits per heavy atom. The van der Waals surface area contributed by atoms with Crippen LogP contribution in [0.15, 0.2) is 88.1 Å². The second-order valence-electron chi connectivity index (χ2n) is 11.3. The molecule has 2 amide bonds. The maximum absolute atomic E-state index is 13.5. The van der Waals surface area contributed by atoms with Crippen LogP contribution in [0.25, 0.3) is 21.7 Å². The number of unbranched alkanes of at least 4 members (excludes halogenated alkanes) is 1. The molecule has 0 aliphatic carbocycles. The summed E-state index contributed by atoms with van der Waals surface area (Å²) in [4.78, 5) is 40.6. The molecule has 5 aromatic rings. The number of amides is 2. The fraction of sp³-hybridized carbons (Fsp3) is 0.229. The Morgan fingerprint density at radius 3 is 2.44 bits per heavy atom. The van der Waals surface area contributed by atoms with Crippen LogP contribution >= 0.6 is 0 Å². The molecule has 0 radical (unpaired) electrons. The molecule has 0 saturated carbocycles. The molecule has 3 aliphatic heterocycles. The van der Waals surface area contributed by atoms with Gasteiger partial charge in [-0.3, -0.25) is 14.5 Å². The highest BCUT2D eigenvalue weighted by molar-refractivity contribution is 6.21. The van der Waals surface area contributed by atoms with Gasteiger partial charge >= 0.3 is 5.63 Å². The first-order valence-corrected chi connectivity index (χ1v) is 14.4. The van der Waals surface area contributed by atoms with Gasteiger partial charge < -0.3 is 18.6 Å². The van der Waals surface area contributed by atoms with Crippen LogP contribution in [0.2, 0.25) is 0 Å². The lowest BCUT2D eigenvalue weighted by Crippen LogP contribution is -2.50. The van der Waals surface area contributed by atoms with Gasteiger partial charge in [0.15, 0.2) is 0 Å². The number of nitrogens with zero attached hydrogens (tertiary/aromatic N) is 1. The third-order valence-corrected chi connectivity index (χ3v) is 8.86. The number of ether oxygens (including phenoxy) is 3. The van der Waals surface area contributed by atoms with Gasteiger partial charge in [0.1, 0.15) is 28.7 Å². The molecular formula is C35H27NO7. The summed E-state index contributed by atoms with van der Waals surface area (Å²) in [6.45, 7) is 0.300. The van der Waals surface area contributed by atoms with E-state index in [1.807, 2.05) is 30.3 Å². The van der Waals surface area contributed by atoms with Gasteiger partial charge in [-0.05, 0) is 59.0 Å². The summed E-state index contributed by atoms with van der Waals surface area (Å²) in [7, 11) is 1.56. The van der Waals surface area contributed by atoms with Gasteiger partial charge in [-0.1, -0.05) is 48.5 Å². The molecule has 8 rings (SSSR count). The summed E-state index contributed by atoms with van der Waals surface area (Å²) in [6, 6.07) is 24.5. The quantitative estimate of drug-likeness (QED) is 0.136. The topological polar surface area (TPSA) is 95.3 Å². The summed E-state index contributed by atoms with van der Waals surface area (Å²) in [5.74, 6) is -0.543. The van der Waals surface area contributed by atoms with Crippen LogP contribution in [0.5, 0.6) is 11.5 Å². The fourth-order valence-corrected chi connectivity index (χ4v) is 6.78. The van der Waals surface area contributed by atoms with Crippen LogP contribution in [-0.2, 0) is 11.2 Å². The predicted octanol–water partition coefficient (Wildman–Crippen LogP) is 6.17. The van der Waals surface area contributed by atoms with Gasteiger partial charge in [0.25, 0.3) is 11.8 Å². The molecule has 1 unspecified atom stereocenters. The monoisotopic (exact) mass is 573 g/mol. The van der Waals surface area contributed by atoms with E-state index < -0.39 is 17.5 Å². The van der Waals surface area contributed by atoms with Crippen molar-refractivity contribution in [3.63, 3.8) is 0 Å². The van der Waals surface area contributed by atoms with E-state index in [9.17, 15) is 14.4 Å². The summed E-state index contributed by atoms with van der Waals surface area (Å²) in [6.07, 6.45) is 1.50. The Kier molecular flexibility index (Phi) is 5.71. The highest BCUT2D eigenvalue weighted by atomic mass is 16.7. The molecule has 4 heterocycles. The van der Waals surface area contributed by atoms with Crippen molar-refractivity contribution >= 4 is 33.6 Å². The number of hydrogen-bond donors (Lipinski definition) is 0. The van der Waals surface area contributed by atoms with E-state index >= 15 is 0 Å². The normalized spacial score (nSPS) is 20.1. The lowest BCUT2D eigenvalue weighted by atomic mass is 9.83. The number of hydrogen-bond acceptors (Lipinski definition) is 7. The molecule has 0 fully saturated rings. The summed E-state index contributed by atoms with van der Waals surface area (Å²) in [5.41, 5.74) is 3.10. The van der Waals surface area contributed by atoms with E-state index in [2.05, 4.69) is 18.2 Å². The summed E-state index contributed by atoms with van der Waals surface area (Å²) >= 11 is 0. The third-order valence-electron chi connectivity index (χ3n) is 8.86. The van der Waals surface area contributed by atoms with E-state index in [-0.39, 0.29) is 11.8 Å². The van der Waals surface area contributed by atoms with Crippen LogP contribution in [0.4, 0.5) is 0 Å². The van der Waals surface area contributed by atoms with Gasteiger partial charge in [-0.25, -0.2) is 4.79 Å². The number of rotatable bonds is 6. The number of methoxy groups -OCH3 is 1. The van der Waals surface area contributed by atoms with Crippen molar-refractivity contribution < 1.29 is 28.2 Å². The second kappa shape index (κ2) is 9.54. The Balaban J connectivity index is 1.16. The highest BCUT2D eigenvalue weighted by Crippen LogP contribution is 2.52. The van der Waals surface area contributed by atoms with Crippen molar-refractivity contribution in [1.29, 1.82) is 0 Å². The average Bonchev–Trinajstić information content (AvgIpc) is 3.27. The molecule has 2 bridgehead atoms. The van der Waals surface area contributed by atoms with Gasteiger partial charge in [0.05, 0.1) is 23.6 Å². The molecular weight excluding hydrogens is 546 g/mol. The zero-order chi connectivity index (χ0) is 29.3. The third kappa shape index (κ3) is 3.90. The van der Waals surface area contributed by atoms with Crippen molar-refractivity contribution in [2.75, 3.05) is 13.7 Å². The minimum Gasteiger partial charge on any atom is -0.497 e. The average molecular weight is 574 g/mol. The van der Waals surface area contributed by atoms with E-state index in [4.69, 9.17) is 18.6 Å². The molecule has 4 aromatic carbocycles. The van der Waals surface area contributed by atoms with Crippen molar-refractivity contribution in [3.8, 4) is 11.5 Å². The molecule has 0 saturated heterocycles. The minimum atomic E-state index is -1.06. The number of carbonyl (C=O) groups is 2. The van der Waals surface area contributed by atoms with Gasteiger partial charge in [0.2, 0.25) is 5.79 Å². The maximum atomic E-state index is 13.5. The van der Waals surface area contributed by atoms with E-state index in [0.29, 0.717) is 71.4 Å². The first-order chi connectivity index (χ1) is 21.0. The van der Waals surface area contributed by atoms with Crippen LogP contribution in [-0.4, -0.2) is 36.2 Å². The van der Waals surface area contributed by atoms with Crippen molar-refractivity contribution in [2.24, 2.45) is 0 Å². The van der Waals surface area contributed by atoms with E-state index in [1.165, 1.54) is 4.90 Å². The molecule has 8 nitrogen and oxygen atoms in total. The largest absolute Gasteiger partial charge is 0.497 e. The minimum absolute atomic E-state index is 0.260. The number of carbonyl (C=O) groups excluding carboxylic acids is 2. The van der Waals surface area contributed by atoms with Crippen molar-refractivity contribution in [3.05, 3.63) is 117 Å². The predicted molar refractivity (Wildman–Crippen MR) is 159 cm³/mol. The van der Waals surface area contributed by atoms with Gasteiger partial charge in [-0.2, -0.15) is 0 Å². The SMILES string of the molecule is COc1ccc2c3c(c(=O)oc2c1)C1O[C@](CCCCN2C(=O)c4ccccc4C2=O)(Cc2c1ccc1ccccc21)O3. The lowest BCUT2D eigenvalue weighted by molar-refractivity contribution is -0.232. The Hall–Kier alpha value is -4.95. The van der Waals surface area contributed by atoms with E-state index in [1.54, 1.807) is 37.4 Å². The van der Waals surface area contributed by atoms with Crippen LogP contribution in [0.3, 0.4) is 0 Å². The van der Waals surface area contributed by atoms with Crippen LogP contribution < -0.4 is 15.1 Å². The first kappa shape index (κ1) is 25.7. The first-order valence-electron chi connectivity index (χ1n) is 14.4. The number of fused-ring (bicyclic) bond motifs is 11. The van der Waals surface area contributed by atoms with Gasteiger partial charge in [0, 0.05) is 25.5 Å². The standard InChI is InChI=1S/C35H27NO7/c1-40-21-13-15-26-28(18-21)41-34(39)29-30-23-14-12-20-8-2-3-9-22(20)27(23)19-35(42-30,43-31(26)29)16-6-7-17-36-32(37)24-10-4-5-11-25(24)33(36)38/h2-5,8-15,18,30H,6-7,16-17,19H2,1H3/t30?,35-/m0/s1. The lowest BCUT2D eigenvalue weighted by Gasteiger charge is -2.46. The number of benzene rings is 4. The second-order valence-corrected chi connectivity index (χ2v) is 11.3. The zero-order valence-electron chi connectivity index (χ0n) is 23.4. The molecule has 0 N–H and O–H groups in total. The Labute approximate surface area is 246 Å². The molecule has 8 heteroatoms.